The van der Waals surface area contributed by atoms with E-state index in [-0.39, 0.29) is 24.8 Å². The minimum absolute atomic E-state index is 0. The molecule has 0 heterocycles. The van der Waals surface area contributed by atoms with Crippen molar-refractivity contribution in [2.45, 2.75) is 19.5 Å². The van der Waals surface area contributed by atoms with Crippen LogP contribution in [0.3, 0.4) is 0 Å². The maximum atomic E-state index is 6.28. The van der Waals surface area contributed by atoms with Crippen LogP contribution in [0, 0.1) is 0 Å². The van der Waals surface area contributed by atoms with Crippen molar-refractivity contribution in [3.05, 3.63) is 52.4 Å². The van der Waals surface area contributed by atoms with E-state index in [1.807, 2.05) is 6.07 Å². The van der Waals surface area contributed by atoms with E-state index in [0.29, 0.717) is 0 Å². The van der Waals surface area contributed by atoms with E-state index in [9.17, 15) is 0 Å². The Morgan fingerprint density at radius 3 is 2.28 bits per heavy atom. The van der Waals surface area contributed by atoms with Gasteiger partial charge in [-0.2, -0.15) is 0 Å². The molecule has 1 aromatic rings. The van der Waals surface area contributed by atoms with E-state index in [1.54, 1.807) is 3.88 Å². The molecule has 0 fully saturated rings. The van der Waals surface area contributed by atoms with Gasteiger partial charge in [0.15, 0.2) is 0 Å². The second kappa shape index (κ2) is 9.00. The molecule has 2 rings (SSSR count). The summed E-state index contributed by atoms with van der Waals surface area (Å²) in [6, 6.07) is 10.3. The van der Waals surface area contributed by atoms with Crippen LogP contribution in [-0.2, 0) is 17.5 Å². The zero-order chi connectivity index (χ0) is 11.4. The summed E-state index contributed by atoms with van der Waals surface area (Å²) in [6.07, 6.45) is 7.83. The van der Waals surface area contributed by atoms with E-state index in [1.165, 1.54) is 0 Å². The first-order valence-electron chi connectivity index (χ1n) is 5.73. The van der Waals surface area contributed by atoms with Crippen LogP contribution in [0.2, 0.25) is 13.1 Å². The molecule has 0 radical (unpaired) electrons. The van der Waals surface area contributed by atoms with E-state index in [4.69, 9.17) is 3.32 Å². The number of rotatable bonds is 4. The molecule has 0 saturated carbocycles. The third-order valence-electron chi connectivity index (χ3n) is 2.58. The van der Waals surface area contributed by atoms with Gasteiger partial charge in [-0.1, -0.05) is 0 Å². The molecule has 18 heavy (non-hydrogen) atoms. The quantitative estimate of drug-likeness (QED) is 0.745. The van der Waals surface area contributed by atoms with Crippen molar-refractivity contribution >= 4 is 31.5 Å². The molecule has 0 saturated heterocycles. The smallest absolute Gasteiger partial charge is 0.147 e. The van der Waals surface area contributed by atoms with Crippen molar-refractivity contribution in [1.29, 1.82) is 0 Å². The number of hydrogen-bond acceptors (Lipinski definition) is 1. The normalized spacial score (nSPS) is 12.5. The van der Waals surface area contributed by atoms with Crippen molar-refractivity contribution in [3.8, 4) is 5.75 Å². The molecule has 0 spiro atoms. The van der Waals surface area contributed by atoms with Gasteiger partial charge in [-0.05, 0) is 0 Å². The Kier molecular flexibility index (Phi) is 9.01. The Morgan fingerprint density at radius 1 is 1.11 bits per heavy atom. The summed E-state index contributed by atoms with van der Waals surface area (Å²) in [4.78, 5) is 0. The molecule has 0 aromatic heterocycles. The molecule has 0 atom stereocenters. The van der Waals surface area contributed by atoms with E-state index in [2.05, 4.69) is 55.6 Å². The first-order chi connectivity index (χ1) is 7.77. The monoisotopic (exact) mass is 337 g/mol. The second-order valence-corrected chi connectivity index (χ2v) is 16.6. The van der Waals surface area contributed by atoms with Gasteiger partial charge in [0.1, 0.15) is 0 Å². The van der Waals surface area contributed by atoms with Crippen molar-refractivity contribution in [2.24, 2.45) is 0 Å². The van der Waals surface area contributed by atoms with Crippen LogP contribution < -0.4 is 3.32 Å². The van der Waals surface area contributed by atoms with Crippen LogP contribution in [0.1, 0.15) is 6.42 Å². The average molecular weight is 338 g/mol. The van der Waals surface area contributed by atoms with Crippen LogP contribution in [-0.4, -0.2) is 6.66 Å². The van der Waals surface area contributed by atoms with Crippen molar-refractivity contribution in [1.82, 2.24) is 0 Å². The van der Waals surface area contributed by atoms with Gasteiger partial charge in [-0.25, -0.2) is 0 Å². The van der Waals surface area contributed by atoms with Gasteiger partial charge in [0, 0.05) is 0 Å². The number of hydrogen-bond donors (Lipinski definition) is 0. The Labute approximate surface area is 129 Å². The van der Waals surface area contributed by atoms with Crippen LogP contribution in [0.4, 0.5) is 0 Å². The van der Waals surface area contributed by atoms with Crippen LogP contribution in [0.15, 0.2) is 52.4 Å². The molecule has 0 amide bonds. The molecular formula is C13H19Cl2OSiTi. The Balaban J connectivity index is 0.00000144. The summed E-state index contributed by atoms with van der Waals surface area (Å²) in [5, 5.41) is 0. The largest absolute Gasteiger partial charge is 0.147 e. The van der Waals surface area contributed by atoms with Gasteiger partial charge >= 0.3 is 105 Å². The molecular weight excluding hydrogens is 319 g/mol. The summed E-state index contributed by atoms with van der Waals surface area (Å²) >= 11 is -1.44. The Morgan fingerprint density at radius 2 is 1.78 bits per heavy atom. The van der Waals surface area contributed by atoms with Crippen LogP contribution in [0.25, 0.3) is 0 Å². The van der Waals surface area contributed by atoms with Gasteiger partial charge < -0.3 is 0 Å². The summed E-state index contributed by atoms with van der Waals surface area (Å²) in [6.45, 7) is 4.16. The van der Waals surface area contributed by atoms with Crippen molar-refractivity contribution in [3.63, 3.8) is 0 Å². The molecule has 0 unspecified atom stereocenters. The van der Waals surface area contributed by atoms with E-state index < -0.39 is 24.2 Å². The van der Waals surface area contributed by atoms with Gasteiger partial charge in [0.05, 0.1) is 0 Å². The minimum Gasteiger partial charge on any atom is -0.147 e. The SMILES string of the molecule is C[SiH](C)[Ti]([O]c1ccccc1)[C]1=CC=CC1.Cl.Cl. The van der Waals surface area contributed by atoms with Crippen LogP contribution >= 0.6 is 24.8 Å². The topological polar surface area (TPSA) is 9.23 Å². The summed E-state index contributed by atoms with van der Waals surface area (Å²) < 4.78 is 7.88. The molecule has 99 valence electrons. The van der Waals surface area contributed by atoms with Crippen LogP contribution in [0.5, 0.6) is 5.75 Å². The third kappa shape index (κ3) is 4.94. The fourth-order valence-electron chi connectivity index (χ4n) is 1.80. The molecule has 1 aromatic carbocycles. The molecule has 0 N–H and O–H groups in total. The van der Waals surface area contributed by atoms with Gasteiger partial charge in [-0.3, -0.25) is 0 Å². The number of allylic oxidation sites excluding steroid dienone is 4. The van der Waals surface area contributed by atoms with Gasteiger partial charge in [0.25, 0.3) is 0 Å². The van der Waals surface area contributed by atoms with E-state index >= 15 is 0 Å². The molecule has 0 bridgehead atoms. The zero-order valence-electron chi connectivity index (χ0n) is 10.6. The number of benzene rings is 1. The number of halogens is 2. The summed E-state index contributed by atoms with van der Waals surface area (Å²) in [5.41, 5.74) is 0. The van der Waals surface area contributed by atoms with Crippen molar-refractivity contribution < 1.29 is 20.8 Å². The first-order valence-corrected chi connectivity index (χ1v) is 12.7. The molecule has 5 heteroatoms. The number of para-hydroxylation sites is 1. The predicted molar refractivity (Wildman–Crippen MR) is 82.3 cm³/mol. The first kappa shape index (κ1) is 18.0. The molecule has 1 nitrogen and oxygen atoms in total. The second-order valence-electron chi connectivity index (χ2n) is 4.26. The van der Waals surface area contributed by atoms with Crippen molar-refractivity contribution in [2.75, 3.05) is 0 Å². The Bertz CT molecular complexity index is 407. The molecule has 1 aliphatic rings. The molecule has 1 aliphatic carbocycles. The maximum Gasteiger partial charge on any atom is -0.147 e. The fraction of sp³-hybridized carbons (Fsp3) is 0.231. The Hall–Kier alpha value is 0.0112. The fourth-order valence-corrected chi connectivity index (χ4v) is 10.5. The third-order valence-corrected chi connectivity index (χ3v) is 12.8. The van der Waals surface area contributed by atoms with E-state index in [0.717, 1.165) is 12.2 Å². The standard InChI is InChI=1S/C6H6O.C5H5.C2H7Si.2ClH.Ti/c7-6-4-2-1-3-5-6;1-2-4-5-3-1;1-3-2;;;/h1-5,7H;1-3H,4H2;3H,1-2H3;2*1H;/q;;;;;+1/p-1. The van der Waals surface area contributed by atoms with Gasteiger partial charge in [-0.15, -0.1) is 24.8 Å². The average Bonchev–Trinajstić information content (AvgIpc) is 2.80. The predicted octanol–water partition coefficient (Wildman–Crippen LogP) is 4.27. The molecule has 0 aliphatic heterocycles. The summed E-state index contributed by atoms with van der Waals surface area (Å²) in [5.74, 6) is 1.06. The van der Waals surface area contributed by atoms with Gasteiger partial charge in [0.2, 0.25) is 0 Å². The minimum atomic E-state index is -1.44. The summed E-state index contributed by atoms with van der Waals surface area (Å²) in [7, 11) is 0. The zero-order valence-corrected chi connectivity index (χ0v) is 15.0. The maximum absolute atomic E-state index is 6.28.